The van der Waals surface area contributed by atoms with E-state index in [0.29, 0.717) is 0 Å². The fourth-order valence-corrected chi connectivity index (χ4v) is 1.07. The van der Waals surface area contributed by atoms with Crippen LogP contribution in [-0.2, 0) is 0 Å². The zero-order chi connectivity index (χ0) is 10.1. The summed E-state index contributed by atoms with van der Waals surface area (Å²) in [5.41, 5.74) is 5.05. The lowest BCUT2D eigenvalue weighted by Crippen LogP contribution is -2.15. The molecule has 1 aliphatic carbocycles. The fourth-order valence-electron chi connectivity index (χ4n) is 1.07. The smallest absolute Gasteiger partial charge is 0.254 e. The van der Waals surface area contributed by atoms with Crippen LogP contribution in [0.4, 0.5) is 4.39 Å². The van der Waals surface area contributed by atoms with E-state index in [1.165, 1.54) is 6.20 Å². The van der Waals surface area contributed by atoms with Crippen molar-refractivity contribution in [2.45, 2.75) is 18.9 Å². The molecule has 0 bridgehead atoms. The number of hydrogen-bond donors (Lipinski definition) is 1. The first kappa shape index (κ1) is 8.93. The summed E-state index contributed by atoms with van der Waals surface area (Å²) >= 11 is 0. The van der Waals surface area contributed by atoms with E-state index in [-0.39, 0.29) is 17.4 Å². The molecule has 0 saturated heterocycles. The first-order chi connectivity index (χ1) is 6.68. The van der Waals surface area contributed by atoms with Crippen LogP contribution in [0.3, 0.4) is 0 Å². The Morgan fingerprint density at radius 2 is 2.29 bits per heavy atom. The average molecular weight is 196 g/mol. The number of nitrogens with zero attached hydrogens (tertiary/aromatic N) is 1. The lowest BCUT2D eigenvalue weighted by atomic mass is 10.2. The lowest BCUT2D eigenvalue weighted by Gasteiger charge is -2.08. The molecule has 0 atom stereocenters. The summed E-state index contributed by atoms with van der Waals surface area (Å²) < 4.78 is 18.4. The van der Waals surface area contributed by atoms with Gasteiger partial charge in [0, 0.05) is 6.20 Å². The molecular formula is C9H9FN2O2. The normalized spacial score (nSPS) is 15.2. The number of ether oxygens (including phenoxy) is 1. The number of halogens is 1. The van der Waals surface area contributed by atoms with E-state index in [0.717, 1.165) is 19.0 Å². The van der Waals surface area contributed by atoms with E-state index >= 15 is 0 Å². The van der Waals surface area contributed by atoms with Crippen LogP contribution in [0.2, 0.25) is 0 Å². The number of aromatic nitrogens is 1. The fraction of sp³-hybridized carbons (Fsp3) is 0.333. The summed E-state index contributed by atoms with van der Waals surface area (Å²) in [5.74, 6) is -1.45. The van der Waals surface area contributed by atoms with Crippen molar-refractivity contribution in [1.29, 1.82) is 0 Å². The molecule has 1 aromatic heterocycles. The highest BCUT2D eigenvalue weighted by Crippen LogP contribution is 2.30. The number of amides is 1. The van der Waals surface area contributed by atoms with Crippen LogP contribution in [-0.4, -0.2) is 17.0 Å². The second-order valence-corrected chi connectivity index (χ2v) is 3.18. The van der Waals surface area contributed by atoms with Crippen molar-refractivity contribution in [2.24, 2.45) is 5.73 Å². The van der Waals surface area contributed by atoms with Crippen LogP contribution >= 0.6 is 0 Å². The predicted octanol–water partition coefficient (Wildman–Crippen LogP) is 0.861. The Labute approximate surface area is 79.9 Å². The first-order valence-electron chi connectivity index (χ1n) is 4.28. The summed E-state index contributed by atoms with van der Waals surface area (Å²) in [6, 6.07) is 0. The molecule has 2 N–H and O–H groups in total. The summed E-state index contributed by atoms with van der Waals surface area (Å²) in [7, 11) is 0. The molecule has 0 aromatic carbocycles. The van der Waals surface area contributed by atoms with Gasteiger partial charge in [-0.15, -0.1) is 0 Å². The van der Waals surface area contributed by atoms with Gasteiger partial charge in [0.2, 0.25) is 0 Å². The highest BCUT2D eigenvalue weighted by atomic mass is 19.1. The van der Waals surface area contributed by atoms with E-state index in [2.05, 4.69) is 4.98 Å². The third kappa shape index (κ3) is 1.66. The molecular weight excluding hydrogens is 187 g/mol. The molecule has 14 heavy (non-hydrogen) atoms. The maximum Gasteiger partial charge on any atom is 0.254 e. The molecule has 1 aliphatic rings. The summed E-state index contributed by atoms with van der Waals surface area (Å²) in [4.78, 5) is 14.4. The van der Waals surface area contributed by atoms with Gasteiger partial charge in [-0.3, -0.25) is 9.78 Å². The number of pyridine rings is 1. The van der Waals surface area contributed by atoms with Gasteiger partial charge in [0.25, 0.3) is 5.91 Å². The lowest BCUT2D eigenvalue weighted by molar-refractivity contribution is 0.0994. The van der Waals surface area contributed by atoms with E-state index in [1.807, 2.05) is 0 Å². The van der Waals surface area contributed by atoms with Gasteiger partial charge in [-0.1, -0.05) is 0 Å². The minimum atomic E-state index is -0.729. The van der Waals surface area contributed by atoms with Crippen molar-refractivity contribution < 1.29 is 13.9 Å². The van der Waals surface area contributed by atoms with Crippen LogP contribution in [0, 0.1) is 5.82 Å². The molecule has 1 saturated carbocycles. The molecule has 2 rings (SSSR count). The van der Waals surface area contributed by atoms with E-state index in [1.54, 1.807) is 0 Å². The number of rotatable bonds is 3. The minimum Gasteiger partial charge on any atom is -0.486 e. The molecule has 0 aliphatic heterocycles. The summed E-state index contributed by atoms with van der Waals surface area (Å²) in [5, 5.41) is 0. The quantitative estimate of drug-likeness (QED) is 0.779. The maximum atomic E-state index is 13.2. The highest BCUT2D eigenvalue weighted by molar-refractivity contribution is 5.95. The van der Waals surface area contributed by atoms with Crippen LogP contribution in [0.25, 0.3) is 0 Å². The van der Waals surface area contributed by atoms with Gasteiger partial charge < -0.3 is 10.5 Å². The van der Waals surface area contributed by atoms with E-state index in [4.69, 9.17) is 10.5 Å². The van der Waals surface area contributed by atoms with Crippen LogP contribution < -0.4 is 10.5 Å². The number of carbonyl (C=O) groups is 1. The Kier molecular flexibility index (Phi) is 2.07. The zero-order valence-electron chi connectivity index (χ0n) is 7.37. The van der Waals surface area contributed by atoms with Gasteiger partial charge in [0.1, 0.15) is 5.56 Å². The van der Waals surface area contributed by atoms with Crippen molar-refractivity contribution in [2.75, 3.05) is 0 Å². The maximum absolute atomic E-state index is 13.2. The molecule has 74 valence electrons. The van der Waals surface area contributed by atoms with Crippen LogP contribution in [0.5, 0.6) is 5.75 Å². The van der Waals surface area contributed by atoms with Crippen molar-refractivity contribution in [1.82, 2.24) is 4.98 Å². The molecule has 4 nitrogen and oxygen atoms in total. The van der Waals surface area contributed by atoms with Gasteiger partial charge >= 0.3 is 0 Å². The number of nitrogens with two attached hydrogens (primary N) is 1. The minimum absolute atomic E-state index is 0.00287. The Morgan fingerprint density at radius 1 is 1.57 bits per heavy atom. The highest BCUT2D eigenvalue weighted by Gasteiger charge is 2.27. The molecule has 1 aromatic rings. The van der Waals surface area contributed by atoms with Gasteiger partial charge in [-0.25, -0.2) is 4.39 Å². The first-order valence-corrected chi connectivity index (χ1v) is 4.28. The van der Waals surface area contributed by atoms with Crippen molar-refractivity contribution in [3.05, 3.63) is 23.8 Å². The van der Waals surface area contributed by atoms with Gasteiger partial charge in [0.15, 0.2) is 11.6 Å². The average Bonchev–Trinajstić information content (AvgIpc) is 2.91. The zero-order valence-corrected chi connectivity index (χ0v) is 7.37. The molecule has 1 heterocycles. The third-order valence-electron chi connectivity index (χ3n) is 1.93. The molecule has 1 amide bonds. The van der Waals surface area contributed by atoms with Crippen LogP contribution in [0.1, 0.15) is 23.2 Å². The Hall–Kier alpha value is -1.65. The van der Waals surface area contributed by atoms with E-state index in [9.17, 15) is 9.18 Å². The summed E-state index contributed by atoms with van der Waals surface area (Å²) in [6.07, 6.45) is 4.01. The number of hydrogen-bond acceptors (Lipinski definition) is 3. The number of primary amides is 1. The second-order valence-electron chi connectivity index (χ2n) is 3.18. The predicted molar refractivity (Wildman–Crippen MR) is 46.4 cm³/mol. The monoisotopic (exact) mass is 196 g/mol. The topological polar surface area (TPSA) is 65.2 Å². The Balaban J connectivity index is 2.36. The molecule has 0 spiro atoms. The molecule has 5 heteroatoms. The van der Waals surface area contributed by atoms with Gasteiger partial charge in [-0.2, -0.15) is 0 Å². The number of carbonyl (C=O) groups excluding carboxylic acids is 1. The molecule has 0 radical (unpaired) electrons. The summed E-state index contributed by atoms with van der Waals surface area (Å²) in [6.45, 7) is 0. The van der Waals surface area contributed by atoms with Crippen molar-refractivity contribution in [3.63, 3.8) is 0 Å². The van der Waals surface area contributed by atoms with Crippen molar-refractivity contribution >= 4 is 5.91 Å². The van der Waals surface area contributed by atoms with Crippen molar-refractivity contribution in [3.8, 4) is 5.75 Å². The van der Waals surface area contributed by atoms with E-state index < -0.39 is 11.7 Å². The second kappa shape index (κ2) is 3.25. The SMILES string of the molecule is NC(=O)c1cncc(F)c1OC1CC1. The van der Waals surface area contributed by atoms with Gasteiger partial charge in [0.05, 0.1) is 12.3 Å². The molecule has 1 fully saturated rings. The van der Waals surface area contributed by atoms with Gasteiger partial charge in [-0.05, 0) is 12.8 Å². The largest absolute Gasteiger partial charge is 0.486 e. The Bertz CT molecular complexity index is 377. The third-order valence-corrected chi connectivity index (χ3v) is 1.93. The molecule has 0 unspecified atom stereocenters. The van der Waals surface area contributed by atoms with Crippen LogP contribution in [0.15, 0.2) is 12.4 Å². The Morgan fingerprint density at radius 3 is 2.86 bits per heavy atom. The standard InChI is InChI=1S/C9H9FN2O2/c10-7-4-12-3-6(9(11)13)8(7)14-5-1-2-5/h3-5H,1-2H2,(H2,11,13).